The molecule has 1 heterocycles. The Morgan fingerprint density at radius 1 is 1.06 bits per heavy atom. The summed E-state index contributed by atoms with van der Waals surface area (Å²) in [5, 5.41) is 12.2. The maximum atomic E-state index is 12.6. The van der Waals surface area contributed by atoms with Gasteiger partial charge >= 0.3 is 12.1 Å². The zero-order valence-electron chi connectivity index (χ0n) is 19.5. The lowest BCUT2D eigenvalue weighted by atomic mass is 9.88. The van der Waals surface area contributed by atoms with Gasteiger partial charge in [0.25, 0.3) is 0 Å². The molecule has 2 aliphatic rings. The standard InChI is InChI=1S/C27H32N2O5/c1-2-18-13-15-29(24(16-18)26(31)32)25(30)12-7-14-28-27(33)34-17-23-21-10-5-3-8-19(21)20-9-4-6-11-22(20)23/h3-6,8-11,18,23-24H,2,7,12-17H2,1H3,(H,28,33)(H,31,32). The molecule has 2 aromatic carbocycles. The second kappa shape index (κ2) is 10.7. The highest BCUT2D eigenvalue weighted by Crippen LogP contribution is 2.44. The molecule has 7 heteroatoms. The third kappa shape index (κ3) is 5.08. The number of carbonyl (C=O) groups excluding carboxylic acids is 2. The van der Waals surface area contributed by atoms with Gasteiger partial charge in [0.1, 0.15) is 12.6 Å². The number of nitrogens with zero attached hydrogens (tertiary/aromatic N) is 1. The van der Waals surface area contributed by atoms with Gasteiger partial charge in [0.2, 0.25) is 5.91 Å². The molecule has 0 aromatic heterocycles. The van der Waals surface area contributed by atoms with Crippen LogP contribution in [0.25, 0.3) is 11.1 Å². The summed E-state index contributed by atoms with van der Waals surface area (Å²) in [4.78, 5) is 38.0. The SMILES string of the molecule is CCC1CCN(C(=O)CCCNC(=O)OCC2c3ccccc3-c3ccccc32)C(C(=O)O)C1. The number of hydrogen-bond acceptors (Lipinski definition) is 4. The lowest BCUT2D eigenvalue weighted by Crippen LogP contribution is -2.50. The average molecular weight is 465 g/mol. The first-order valence-corrected chi connectivity index (χ1v) is 12.1. The monoisotopic (exact) mass is 464 g/mol. The van der Waals surface area contributed by atoms with Crippen LogP contribution in [0.4, 0.5) is 4.79 Å². The van der Waals surface area contributed by atoms with E-state index in [1.807, 2.05) is 24.3 Å². The van der Waals surface area contributed by atoms with Gasteiger partial charge in [0.05, 0.1) is 0 Å². The number of piperidine rings is 1. The quantitative estimate of drug-likeness (QED) is 0.565. The number of rotatable bonds is 8. The molecule has 0 bridgehead atoms. The van der Waals surface area contributed by atoms with Crippen molar-refractivity contribution < 1.29 is 24.2 Å². The molecule has 1 aliphatic heterocycles. The van der Waals surface area contributed by atoms with Crippen molar-refractivity contribution in [1.29, 1.82) is 0 Å². The van der Waals surface area contributed by atoms with E-state index < -0.39 is 18.1 Å². The highest BCUT2D eigenvalue weighted by atomic mass is 16.5. The number of hydrogen-bond donors (Lipinski definition) is 2. The van der Waals surface area contributed by atoms with Crippen LogP contribution in [0.3, 0.4) is 0 Å². The van der Waals surface area contributed by atoms with Gasteiger partial charge < -0.3 is 20.1 Å². The number of fused-ring (bicyclic) bond motifs is 3. The summed E-state index contributed by atoms with van der Waals surface area (Å²) in [5.41, 5.74) is 4.66. The Kier molecular flexibility index (Phi) is 7.50. The van der Waals surface area contributed by atoms with Crippen LogP contribution < -0.4 is 5.32 Å². The van der Waals surface area contributed by atoms with Crippen molar-refractivity contribution in [3.63, 3.8) is 0 Å². The molecule has 0 spiro atoms. The molecule has 7 nitrogen and oxygen atoms in total. The van der Waals surface area contributed by atoms with Gasteiger partial charge in [-0.3, -0.25) is 4.79 Å². The predicted octanol–water partition coefficient (Wildman–Crippen LogP) is 4.41. The molecule has 2 unspecified atom stereocenters. The van der Waals surface area contributed by atoms with E-state index >= 15 is 0 Å². The molecule has 1 saturated heterocycles. The molecule has 180 valence electrons. The van der Waals surface area contributed by atoms with E-state index in [9.17, 15) is 19.5 Å². The van der Waals surface area contributed by atoms with Gasteiger partial charge in [-0.05, 0) is 47.4 Å². The summed E-state index contributed by atoms with van der Waals surface area (Å²) in [6.07, 6.45) is 2.39. The molecule has 1 aliphatic carbocycles. The van der Waals surface area contributed by atoms with E-state index in [1.54, 1.807) is 0 Å². The van der Waals surface area contributed by atoms with Gasteiger partial charge in [-0.15, -0.1) is 0 Å². The van der Waals surface area contributed by atoms with Crippen molar-refractivity contribution in [2.45, 2.75) is 51.0 Å². The second-order valence-electron chi connectivity index (χ2n) is 9.10. The van der Waals surface area contributed by atoms with Crippen molar-refractivity contribution >= 4 is 18.0 Å². The van der Waals surface area contributed by atoms with Crippen LogP contribution in [0.15, 0.2) is 48.5 Å². The summed E-state index contributed by atoms with van der Waals surface area (Å²) >= 11 is 0. The Morgan fingerprint density at radius 3 is 2.32 bits per heavy atom. The fourth-order valence-corrected chi connectivity index (χ4v) is 5.16. The molecule has 2 aromatic rings. The molecule has 34 heavy (non-hydrogen) atoms. The van der Waals surface area contributed by atoms with Crippen LogP contribution in [0.5, 0.6) is 0 Å². The highest BCUT2D eigenvalue weighted by molar-refractivity contribution is 5.84. The van der Waals surface area contributed by atoms with Crippen molar-refractivity contribution in [1.82, 2.24) is 10.2 Å². The van der Waals surface area contributed by atoms with Crippen LogP contribution in [-0.4, -0.2) is 53.7 Å². The first-order chi connectivity index (χ1) is 16.5. The van der Waals surface area contributed by atoms with Crippen molar-refractivity contribution in [3.8, 4) is 11.1 Å². The molecular weight excluding hydrogens is 432 g/mol. The Labute approximate surface area is 200 Å². The summed E-state index contributed by atoms with van der Waals surface area (Å²) in [6.45, 7) is 3.07. The normalized spacial score (nSPS) is 19.3. The van der Waals surface area contributed by atoms with Crippen molar-refractivity contribution in [2.75, 3.05) is 19.7 Å². The number of benzene rings is 2. The smallest absolute Gasteiger partial charge is 0.407 e. The second-order valence-corrected chi connectivity index (χ2v) is 9.10. The van der Waals surface area contributed by atoms with Gasteiger partial charge in [-0.1, -0.05) is 61.9 Å². The van der Waals surface area contributed by atoms with Gasteiger partial charge in [-0.2, -0.15) is 0 Å². The minimum Gasteiger partial charge on any atom is -0.480 e. The molecule has 0 saturated carbocycles. The molecule has 0 radical (unpaired) electrons. The average Bonchev–Trinajstić information content (AvgIpc) is 3.18. The third-order valence-corrected chi connectivity index (χ3v) is 7.07. The van der Waals surface area contributed by atoms with Crippen molar-refractivity contribution in [3.05, 3.63) is 59.7 Å². The van der Waals surface area contributed by atoms with Gasteiger partial charge in [0.15, 0.2) is 0 Å². The largest absolute Gasteiger partial charge is 0.480 e. The van der Waals surface area contributed by atoms with E-state index in [-0.39, 0.29) is 24.9 Å². The summed E-state index contributed by atoms with van der Waals surface area (Å²) in [5.74, 6) is -0.765. The Morgan fingerprint density at radius 2 is 1.71 bits per heavy atom. The Bertz CT molecular complexity index is 1010. The van der Waals surface area contributed by atoms with Crippen LogP contribution in [0.1, 0.15) is 56.1 Å². The summed E-state index contributed by atoms with van der Waals surface area (Å²) in [6, 6.07) is 15.6. The van der Waals surface area contributed by atoms with E-state index in [2.05, 4.69) is 36.5 Å². The third-order valence-electron chi connectivity index (χ3n) is 7.07. The number of alkyl carbamates (subject to hydrolysis) is 1. The first-order valence-electron chi connectivity index (χ1n) is 12.1. The molecule has 2 atom stereocenters. The number of amides is 2. The van der Waals surface area contributed by atoms with Crippen LogP contribution in [0.2, 0.25) is 0 Å². The summed E-state index contributed by atoms with van der Waals surface area (Å²) in [7, 11) is 0. The number of ether oxygens (including phenoxy) is 1. The topological polar surface area (TPSA) is 95.9 Å². The van der Waals surface area contributed by atoms with Crippen LogP contribution in [0, 0.1) is 5.92 Å². The van der Waals surface area contributed by atoms with Crippen LogP contribution in [-0.2, 0) is 14.3 Å². The van der Waals surface area contributed by atoms with E-state index in [4.69, 9.17) is 4.74 Å². The number of carboxylic acid groups (broad SMARTS) is 1. The van der Waals surface area contributed by atoms with E-state index in [1.165, 1.54) is 16.0 Å². The highest BCUT2D eigenvalue weighted by Gasteiger charge is 2.35. The summed E-state index contributed by atoms with van der Waals surface area (Å²) < 4.78 is 5.51. The molecule has 1 fully saturated rings. The minimum absolute atomic E-state index is 0.00118. The predicted molar refractivity (Wildman–Crippen MR) is 128 cm³/mol. The molecule has 2 amide bonds. The van der Waals surface area contributed by atoms with Crippen LogP contribution >= 0.6 is 0 Å². The fourth-order valence-electron chi connectivity index (χ4n) is 5.16. The van der Waals surface area contributed by atoms with Crippen molar-refractivity contribution in [2.24, 2.45) is 5.92 Å². The lowest BCUT2D eigenvalue weighted by Gasteiger charge is -2.37. The number of carboxylic acids is 1. The molecule has 4 rings (SSSR count). The Hall–Kier alpha value is -3.35. The zero-order chi connectivity index (χ0) is 24.1. The molecule has 2 N–H and O–H groups in total. The van der Waals surface area contributed by atoms with Gasteiger partial charge in [0, 0.05) is 25.4 Å². The lowest BCUT2D eigenvalue weighted by molar-refractivity contribution is -0.153. The van der Waals surface area contributed by atoms with Gasteiger partial charge in [-0.25, -0.2) is 9.59 Å². The minimum atomic E-state index is -0.941. The first kappa shape index (κ1) is 23.8. The van der Waals surface area contributed by atoms with E-state index in [0.29, 0.717) is 31.8 Å². The number of nitrogens with one attached hydrogen (secondary N) is 1. The number of carbonyl (C=O) groups is 3. The fraction of sp³-hybridized carbons (Fsp3) is 0.444. The molecular formula is C27H32N2O5. The number of likely N-dealkylation sites (tertiary alicyclic amines) is 1. The maximum absolute atomic E-state index is 12.6. The number of aliphatic carboxylic acids is 1. The van der Waals surface area contributed by atoms with E-state index in [0.717, 1.165) is 24.0 Å². The Balaban J connectivity index is 1.23. The zero-order valence-corrected chi connectivity index (χ0v) is 19.5. The maximum Gasteiger partial charge on any atom is 0.407 e.